The van der Waals surface area contributed by atoms with Crippen LogP contribution in [-0.2, 0) is 10.0 Å². The van der Waals surface area contributed by atoms with Crippen LogP contribution in [-0.4, -0.2) is 25.4 Å². The highest BCUT2D eigenvalue weighted by molar-refractivity contribution is 9.10. The van der Waals surface area contributed by atoms with E-state index in [-0.39, 0.29) is 16.5 Å². The van der Waals surface area contributed by atoms with Gasteiger partial charge in [0.05, 0.1) is 10.5 Å². The topological polar surface area (TPSA) is 88.2 Å². The number of anilines is 1. The summed E-state index contributed by atoms with van der Waals surface area (Å²) in [6.07, 6.45) is 3.34. The molecule has 1 aromatic carbocycles. The van der Waals surface area contributed by atoms with Crippen LogP contribution in [0.15, 0.2) is 45.9 Å². The molecule has 3 rings (SSSR count). The lowest BCUT2D eigenvalue weighted by atomic mass is 10.2. The minimum absolute atomic E-state index is 0.00711. The summed E-state index contributed by atoms with van der Waals surface area (Å²) in [6.45, 7) is 1.90. The summed E-state index contributed by atoms with van der Waals surface area (Å²) in [4.78, 5) is 16.6. The van der Waals surface area contributed by atoms with E-state index in [9.17, 15) is 13.2 Å². The molecule has 1 fully saturated rings. The van der Waals surface area contributed by atoms with Crippen molar-refractivity contribution >= 4 is 37.7 Å². The van der Waals surface area contributed by atoms with Gasteiger partial charge < -0.3 is 5.32 Å². The Balaban J connectivity index is 1.85. The van der Waals surface area contributed by atoms with Gasteiger partial charge in [-0.15, -0.1) is 0 Å². The highest BCUT2D eigenvalue weighted by Gasteiger charge is 2.28. The van der Waals surface area contributed by atoms with Crippen LogP contribution >= 0.6 is 15.9 Å². The number of nitrogens with zero attached hydrogens (tertiary/aromatic N) is 1. The zero-order valence-electron chi connectivity index (χ0n) is 12.9. The first-order valence-corrected chi connectivity index (χ1v) is 9.69. The normalized spacial score (nSPS) is 14.4. The van der Waals surface area contributed by atoms with Crippen molar-refractivity contribution in [1.29, 1.82) is 0 Å². The van der Waals surface area contributed by atoms with E-state index in [4.69, 9.17) is 0 Å². The van der Waals surface area contributed by atoms with Gasteiger partial charge in [0.15, 0.2) is 0 Å². The van der Waals surface area contributed by atoms with Gasteiger partial charge in [-0.2, -0.15) is 0 Å². The maximum Gasteiger partial charge on any atom is 0.258 e. The summed E-state index contributed by atoms with van der Waals surface area (Å²) >= 11 is 3.29. The SMILES string of the molecule is Cc1ccc(NC(=O)c2cc(S(=O)(=O)NC3CC3)ccc2Br)nc1. The van der Waals surface area contributed by atoms with Crippen LogP contribution in [0.2, 0.25) is 0 Å². The average Bonchev–Trinajstić information content (AvgIpc) is 3.33. The molecule has 0 bridgehead atoms. The fourth-order valence-electron chi connectivity index (χ4n) is 2.06. The lowest BCUT2D eigenvalue weighted by molar-refractivity contribution is 0.102. The predicted octanol–water partition coefficient (Wildman–Crippen LogP) is 2.85. The molecule has 1 amide bonds. The van der Waals surface area contributed by atoms with Crippen molar-refractivity contribution in [2.24, 2.45) is 0 Å². The summed E-state index contributed by atoms with van der Waals surface area (Å²) < 4.78 is 27.7. The van der Waals surface area contributed by atoms with Gasteiger partial charge in [0.25, 0.3) is 5.91 Å². The zero-order chi connectivity index (χ0) is 17.3. The molecule has 24 heavy (non-hydrogen) atoms. The van der Waals surface area contributed by atoms with Gasteiger partial charge in [0.2, 0.25) is 10.0 Å². The second-order valence-electron chi connectivity index (χ2n) is 5.71. The molecule has 1 aliphatic carbocycles. The van der Waals surface area contributed by atoms with Gasteiger partial charge >= 0.3 is 0 Å². The Bertz CT molecular complexity index is 878. The number of carbonyl (C=O) groups is 1. The van der Waals surface area contributed by atoms with E-state index in [1.165, 1.54) is 12.1 Å². The minimum Gasteiger partial charge on any atom is -0.307 e. The van der Waals surface area contributed by atoms with E-state index in [1.54, 1.807) is 18.3 Å². The lowest BCUT2D eigenvalue weighted by Gasteiger charge is -2.10. The third-order valence-electron chi connectivity index (χ3n) is 3.54. The Morgan fingerprint density at radius 2 is 2.00 bits per heavy atom. The molecule has 2 N–H and O–H groups in total. The van der Waals surface area contributed by atoms with Crippen LogP contribution in [0.3, 0.4) is 0 Å². The molecule has 0 aliphatic heterocycles. The second kappa shape index (κ2) is 6.62. The molecule has 0 spiro atoms. The second-order valence-corrected chi connectivity index (χ2v) is 8.28. The molecular weight excluding hydrogens is 394 g/mol. The Kier molecular flexibility index (Phi) is 4.71. The van der Waals surface area contributed by atoms with Crippen molar-refractivity contribution in [3.8, 4) is 0 Å². The molecule has 6 nitrogen and oxygen atoms in total. The largest absolute Gasteiger partial charge is 0.307 e. The maximum absolute atomic E-state index is 12.4. The average molecular weight is 410 g/mol. The van der Waals surface area contributed by atoms with Crippen molar-refractivity contribution in [3.63, 3.8) is 0 Å². The monoisotopic (exact) mass is 409 g/mol. The first-order chi connectivity index (χ1) is 11.3. The van der Waals surface area contributed by atoms with Crippen molar-refractivity contribution in [3.05, 3.63) is 52.1 Å². The van der Waals surface area contributed by atoms with E-state index in [0.717, 1.165) is 18.4 Å². The van der Waals surface area contributed by atoms with Gasteiger partial charge in [0.1, 0.15) is 5.82 Å². The third kappa shape index (κ3) is 4.00. The molecule has 1 saturated carbocycles. The molecule has 0 unspecified atom stereocenters. The standard InChI is InChI=1S/C16H16BrN3O3S/c1-10-2-7-15(18-9-10)19-16(21)13-8-12(5-6-14(13)17)24(22,23)20-11-3-4-11/h2,5-9,11,20H,3-4H2,1H3,(H,18,19,21). The number of pyridine rings is 1. The molecule has 1 heterocycles. The first kappa shape index (κ1) is 17.1. The summed E-state index contributed by atoms with van der Waals surface area (Å²) in [7, 11) is -3.61. The smallest absolute Gasteiger partial charge is 0.258 e. The number of halogens is 1. The number of hydrogen-bond donors (Lipinski definition) is 2. The van der Waals surface area contributed by atoms with Crippen molar-refractivity contribution in [2.45, 2.75) is 30.7 Å². The Morgan fingerprint density at radius 3 is 2.62 bits per heavy atom. The first-order valence-electron chi connectivity index (χ1n) is 7.41. The van der Waals surface area contributed by atoms with E-state index >= 15 is 0 Å². The van der Waals surface area contributed by atoms with E-state index in [2.05, 4.69) is 31.0 Å². The molecule has 1 aromatic heterocycles. The van der Waals surface area contributed by atoms with Gasteiger partial charge in [-0.05, 0) is 65.5 Å². The van der Waals surface area contributed by atoms with Crippen LogP contribution in [0.5, 0.6) is 0 Å². The van der Waals surface area contributed by atoms with Crippen molar-refractivity contribution in [1.82, 2.24) is 9.71 Å². The maximum atomic E-state index is 12.4. The number of sulfonamides is 1. The fourth-order valence-corrected chi connectivity index (χ4v) is 3.82. The van der Waals surface area contributed by atoms with Gasteiger partial charge in [-0.1, -0.05) is 6.07 Å². The van der Waals surface area contributed by atoms with Crippen molar-refractivity contribution < 1.29 is 13.2 Å². The molecule has 0 atom stereocenters. The molecule has 126 valence electrons. The number of hydrogen-bond acceptors (Lipinski definition) is 4. The molecule has 0 saturated heterocycles. The Labute approximate surface area is 148 Å². The van der Waals surface area contributed by atoms with Crippen LogP contribution in [0.25, 0.3) is 0 Å². The molecular formula is C16H16BrN3O3S. The number of benzene rings is 1. The van der Waals surface area contributed by atoms with Crippen LogP contribution in [0.4, 0.5) is 5.82 Å². The number of aromatic nitrogens is 1. The highest BCUT2D eigenvalue weighted by atomic mass is 79.9. The quantitative estimate of drug-likeness (QED) is 0.794. The Hall–Kier alpha value is -1.77. The number of carbonyl (C=O) groups excluding carboxylic acids is 1. The number of rotatable bonds is 5. The predicted molar refractivity (Wildman–Crippen MR) is 94.4 cm³/mol. The fraction of sp³-hybridized carbons (Fsp3) is 0.250. The number of aryl methyl sites for hydroxylation is 1. The molecule has 8 heteroatoms. The van der Waals surface area contributed by atoms with E-state index in [1.807, 2.05) is 13.0 Å². The van der Waals surface area contributed by atoms with Crippen molar-refractivity contribution in [2.75, 3.05) is 5.32 Å². The van der Waals surface area contributed by atoms with E-state index in [0.29, 0.717) is 10.3 Å². The zero-order valence-corrected chi connectivity index (χ0v) is 15.3. The summed E-state index contributed by atoms with van der Waals surface area (Å²) in [6, 6.07) is 7.91. The van der Waals surface area contributed by atoms with Gasteiger partial charge in [0, 0.05) is 16.7 Å². The molecule has 2 aromatic rings. The van der Waals surface area contributed by atoms with E-state index < -0.39 is 15.9 Å². The number of amides is 1. The molecule has 0 radical (unpaired) electrons. The number of nitrogens with one attached hydrogen (secondary N) is 2. The summed E-state index contributed by atoms with van der Waals surface area (Å²) in [5.74, 6) is -0.0245. The lowest BCUT2D eigenvalue weighted by Crippen LogP contribution is -2.26. The summed E-state index contributed by atoms with van der Waals surface area (Å²) in [5, 5.41) is 2.66. The minimum atomic E-state index is -3.61. The van der Waals surface area contributed by atoms with Crippen LogP contribution in [0, 0.1) is 6.92 Å². The van der Waals surface area contributed by atoms with Crippen LogP contribution in [0.1, 0.15) is 28.8 Å². The highest BCUT2D eigenvalue weighted by Crippen LogP contribution is 2.25. The van der Waals surface area contributed by atoms with Crippen LogP contribution < -0.4 is 10.0 Å². The summed E-state index contributed by atoms with van der Waals surface area (Å²) in [5.41, 5.74) is 1.21. The van der Waals surface area contributed by atoms with Gasteiger partial charge in [-0.25, -0.2) is 18.1 Å². The molecule has 1 aliphatic rings. The van der Waals surface area contributed by atoms with Gasteiger partial charge in [-0.3, -0.25) is 4.79 Å². The Morgan fingerprint density at radius 1 is 1.25 bits per heavy atom. The third-order valence-corrected chi connectivity index (χ3v) is 5.75.